The Morgan fingerprint density at radius 2 is 1.85 bits per heavy atom. The van der Waals surface area contributed by atoms with E-state index >= 15 is 0 Å². The predicted octanol–water partition coefficient (Wildman–Crippen LogP) is 3.90. The van der Waals surface area contributed by atoms with Crippen LogP contribution in [0.1, 0.15) is 57.9 Å². The highest BCUT2D eigenvalue weighted by Gasteiger charge is 2.07. The lowest BCUT2D eigenvalue weighted by Crippen LogP contribution is -2.14. The molecular weight excluding hydrogens is 248 g/mol. The van der Waals surface area contributed by atoms with Crippen molar-refractivity contribution in [3.63, 3.8) is 0 Å². The van der Waals surface area contributed by atoms with Crippen LogP contribution >= 0.6 is 0 Å². The van der Waals surface area contributed by atoms with Gasteiger partial charge in [0, 0.05) is 12.1 Å². The van der Waals surface area contributed by atoms with Gasteiger partial charge in [0.1, 0.15) is 0 Å². The molecule has 3 N–H and O–H groups in total. The Labute approximate surface area is 122 Å². The topological polar surface area (TPSA) is 55.1 Å². The van der Waals surface area contributed by atoms with Gasteiger partial charge in [-0.25, -0.2) is 0 Å². The molecule has 2 atom stereocenters. The highest BCUT2D eigenvalue weighted by Crippen LogP contribution is 2.20. The number of nitrogens with one attached hydrogen (secondary N) is 1. The third kappa shape index (κ3) is 5.74. The van der Waals surface area contributed by atoms with Gasteiger partial charge in [-0.3, -0.25) is 4.79 Å². The summed E-state index contributed by atoms with van der Waals surface area (Å²) in [6.07, 6.45) is 3.57. The zero-order valence-corrected chi connectivity index (χ0v) is 13.0. The Hall–Kier alpha value is -1.35. The Morgan fingerprint density at radius 3 is 2.40 bits per heavy atom. The Balaban J connectivity index is 2.42. The summed E-state index contributed by atoms with van der Waals surface area (Å²) in [6, 6.07) is 8.17. The molecule has 0 aliphatic rings. The van der Waals surface area contributed by atoms with Gasteiger partial charge >= 0.3 is 0 Å². The molecular formula is C17H28N2O. The van der Waals surface area contributed by atoms with E-state index in [1.54, 1.807) is 0 Å². The van der Waals surface area contributed by atoms with Crippen LogP contribution in [0.3, 0.4) is 0 Å². The Bertz CT molecular complexity index is 400. The van der Waals surface area contributed by atoms with Gasteiger partial charge in [0.25, 0.3) is 0 Å². The molecule has 0 fully saturated rings. The van der Waals surface area contributed by atoms with Crippen molar-refractivity contribution < 1.29 is 4.79 Å². The molecule has 3 heteroatoms. The fourth-order valence-electron chi connectivity index (χ4n) is 2.16. The van der Waals surface area contributed by atoms with Crippen molar-refractivity contribution in [3.8, 4) is 0 Å². The van der Waals surface area contributed by atoms with E-state index in [2.05, 4.69) is 38.2 Å². The standard InChI is InChI=1S/C17H28N2O/c1-4-14(3)15-6-8-16(9-7-15)19-17(20)10-5-13(2)11-12-18/h6-9,13-14H,4-5,10-12,18H2,1-3H3,(H,19,20). The first-order valence-electron chi connectivity index (χ1n) is 7.66. The molecule has 0 spiro atoms. The second-order valence-corrected chi connectivity index (χ2v) is 5.70. The molecule has 1 rings (SSSR count). The highest BCUT2D eigenvalue weighted by molar-refractivity contribution is 5.90. The van der Waals surface area contributed by atoms with Crippen molar-refractivity contribution >= 4 is 11.6 Å². The summed E-state index contributed by atoms with van der Waals surface area (Å²) in [6.45, 7) is 7.23. The van der Waals surface area contributed by atoms with Crippen molar-refractivity contribution in [2.75, 3.05) is 11.9 Å². The summed E-state index contributed by atoms with van der Waals surface area (Å²) in [7, 11) is 0. The number of amides is 1. The van der Waals surface area contributed by atoms with Crippen LogP contribution in [-0.2, 0) is 4.79 Å². The predicted molar refractivity (Wildman–Crippen MR) is 85.8 cm³/mol. The molecule has 0 heterocycles. The van der Waals surface area contributed by atoms with Crippen molar-refractivity contribution in [1.82, 2.24) is 0 Å². The maximum Gasteiger partial charge on any atom is 0.224 e. The zero-order chi connectivity index (χ0) is 15.0. The monoisotopic (exact) mass is 276 g/mol. The highest BCUT2D eigenvalue weighted by atomic mass is 16.1. The van der Waals surface area contributed by atoms with Crippen molar-refractivity contribution in [2.24, 2.45) is 11.7 Å². The van der Waals surface area contributed by atoms with E-state index in [0.717, 1.165) is 24.9 Å². The van der Waals surface area contributed by atoms with Gasteiger partial charge in [-0.05, 0) is 55.3 Å². The molecule has 1 amide bonds. The van der Waals surface area contributed by atoms with Gasteiger partial charge in [0.2, 0.25) is 5.91 Å². The summed E-state index contributed by atoms with van der Waals surface area (Å²) < 4.78 is 0. The minimum Gasteiger partial charge on any atom is -0.330 e. The molecule has 0 aromatic heterocycles. The molecule has 0 saturated heterocycles. The van der Waals surface area contributed by atoms with Crippen molar-refractivity contribution in [3.05, 3.63) is 29.8 Å². The third-order valence-electron chi connectivity index (χ3n) is 3.90. The molecule has 112 valence electrons. The molecule has 1 aromatic carbocycles. The molecule has 0 radical (unpaired) electrons. The molecule has 0 saturated carbocycles. The van der Waals surface area contributed by atoms with Gasteiger partial charge in [-0.2, -0.15) is 0 Å². The average Bonchev–Trinajstić information content (AvgIpc) is 2.45. The maximum absolute atomic E-state index is 11.9. The second kappa shape index (κ2) is 8.75. The van der Waals surface area contributed by atoms with Crippen LogP contribution in [0.4, 0.5) is 5.69 Å². The number of benzene rings is 1. The van der Waals surface area contributed by atoms with Crippen LogP contribution in [0.15, 0.2) is 24.3 Å². The minimum atomic E-state index is 0.0881. The van der Waals surface area contributed by atoms with E-state index in [9.17, 15) is 4.79 Å². The van der Waals surface area contributed by atoms with Crippen molar-refractivity contribution in [2.45, 2.75) is 52.4 Å². The van der Waals surface area contributed by atoms with E-state index in [4.69, 9.17) is 5.73 Å². The third-order valence-corrected chi connectivity index (χ3v) is 3.90. The number of carbonyl (C=O) groups is 1. The molecule has 0 aliphatic carbocycles. The zero-order valence-electron chi connectivity index (χ0n) is 13.0. The molecule has 0 aliphatic heterocycles. The number of hydrogen-bond donors (Lipinski definition) is 2. The average molecular weight is 276 g/mol. The summed E-state index contributed by atoms with van der Waals surface area (Å²) in [5, 5.41) is 2.95. The van der Waals surface area contributed by atoms with Gasteiger partial charge in [-0.1, -0.05) is 32.9 Å². The lowest BCUT2D eigenvalue weighted by Gasteiger charge is -2.12. The fourth-order valence-corrected chi connectivity index (χ4v) is 2.16. The number of nitrogens with two attached hydrogens (primary N) is 1. The van der Waals surface area contributed by atoms with Crippen LogP contribution in [0.5, 0.6) is 0 Å². The first-order chi connectivity index (χ1) is 9.56. The Kier molecular flexibility index (Phi) is 7.31. The smallest absolute Gasteiger partial charge is 0.224 e. The SMILES string of the molecule is CCC(C)c1ccc(NC(=O)CCC(C)CCN)cc1. The van der Waals surface area contributed by atoms with Gasteiger partial charge in [0.05, 0.1) is 0 Å². The van der Waals surface area contributed by atoms with Crippen LogP contribution < -0.4 is 11.1 Å². The molecule has 2 unspecified atom stereocenters. The van der Waals surface area contributed by atoms with E-state index < -0.39 is 0 Å². The fraction of sp³-hybridized carbons (Fsp3) is 0.588. The van der Waals surface area contributed by atoms with Crippen LogP contribution in [0.2, 0.25) is 0 Å². The van der Waals surface area contributed by atoms with Crippen LogP contribution in [0, 0.1) is 5.92 Å². The number of carbonyl (C=O) groups excluding carboxylic acids is 1. The van der Waals surface area contributed by atoms with E-state index in [1.807, 2.05) is 12.1 Å². The Morgan fingerprint density at radius 1 is 1.20 bits per heavy atom. The summed E-state index contributed by atoms with van der Waals surface area (Å²) in [4.78, 5) is 11.9. The van der Waals surface area contributed by atoms with Crippen LogP contribution in [0.25, 0.3) is 0 Å². The lowest BCUT2D eigenvalue weighted by molar-refractivity contribution is -0.116. The van der Waals surface area contributed by atoms with Crippen molar-refractivity contribution in [1.29, 1.82) is 0 Å². The first kappa shape index (κ1) is 16.7. The molecule has 20 heavy (non-hydrogen) atoms. The summed E-state index contributed by atoms with van der Waals surface area (Å²) >= 11 is 0. The normalized spacial score (nSPS) is 13.8. The lowest BCUT2D eigenvalue weighted by atomic mass is 9.98. The minimum absolute atomic E-state index is 0.0881. The van der Waals surface area contributed by atoms with Gasteiger partial charge < -0.3 is 11.1 Å². The maximum atomic E-state index is 11.9. The molecule has 3 nitrogen and oxygen atoms in total. The number of hydrogen-bond acceptors (Lipinski definition) is 2. The van der Waals surface area contributed by atoms with Gasteiger partial charge in [-0.15, -0.1) is 0 Å². The first-order valence-corrected chi connectivity index (χ1v) is 7.66. The number of anilines is 1. The van der Waals surface area contributed by atoms with E-state index in [1.165, 1.54) is 5.56 Å². The second-order valence-electron chi connectivity index (χ2n) is 5.70. The quantitative estimate of drug-likeness (QED) is 0.756. The van der Waals surface area contributed by atoms with Crippen LogP contribution in [-0.4, -0.2) is 12.5 Å². The molecule has 0 bridgehead atoms. The summed E-state index contributed by atoms with van der Waals surface area (Å²) in [5.41, 5.74) is 7.71. The van der Waals surface area contributed by atoms with E-state index in [0.29, 0.717) is 24.8 Å². The summed E-state index contributed by atoms with van der Waals surface area (Å²) in [5.74, 6) is 1.17. The van der Waals surface area contributed by atoms with Gasteiger partial charge in [0.15, 0.2) is 0 Å². The van der Waals surface area contributed by atoms with E-state index in [-0.39, 0.29) is 5.91 Å². The molecule has 1 aromatic rings. The largest absolute Gasteiger partial charge is 0.330 e. The number of rotatable bonds is 8.